The lowest BCUT2D eigenvalue weighted by atomic mass is 10.0. The van der Waals surface area contributed by atoms with E-state index in [4.69, 9.17) is 5.11 Å². The zero-order chi connectivity index (χ0) is 23.4. The van der Waals surface area contributed by atoms with Crippen LogP contribution < -0.4 is 0 Å². The predicted octanol–water partition coefficient (Wildman–Crippen LogP) is 4.16. The van der Waals surface area contributed by atoms with Gasteiger partial charge in [-0.3, -0.25) is 0 Å². The lowest BCUT2D eigenvalue weighted by Gasteiger charge is -2.30. The first-order chi connectivity index (χ1) is 15.2. The minimum absolute atomic E-state index is 0.0266. The van der Waals surface area contributed by atoms with Gasteiger partial charge in [-0.15, -0.1) is 0 Å². The number of nitrogens with zero attached hydrogens (tertiary/aromatic N) is 3. The van der Waals surface area contributed by atoms with Crippen LogP contribution in [0.25, 0.3) is 5.57 Å². The van der Waals surface area contributed by atoms with Gasteiger partial charge in [0.25, 0.3) is 0 Å². The lowest BCUT2D eigenvalue weighted by Crippen LogP contribution is -2.42. The highest BCUT2D eigenvalue weighted by atomic mass is 19.1. The quantitative estimate of drug-likeness (QED) is 0.699. The Balaban J connectivity index is 1.84. The fourth-order valence-corrected chi connectivity index (χ4v) is 3.66. The molecule has 2 N–H and O–H groups in total. The molecule has 32 heavy (non-hydrogen) atoms. The molecule has 2 aromatic rings. The molecule has 1 aliphatic rings. The monoisotopic (exact) mass is 445 g/mol. The maximum Gasteiger partial charge on any atom is 0.407 e. The summed E-state index contributed by atoms with van der Waals surface area (Å²) in [5, 5.41) is 18.8. The molecule has 0 spiro atoms. The average Bonchev–Trinajstić information content (AvgIpc) is 3.19. The van der Waals surface area contributed by atoms with Crippen LogP contribution in [-0.4, -0.2) is 70.8 Å². The van der Waals surface area contributed by atoms with Crippen molar-refractivity contribution in [3.63, 3.8) is 0 Å². The van der Waals surface area contributed by atoms with Crippen LogP contribution >= 0.6 is 0 Å². The predicted molar refractivity (Wildman–Crippen MR) is 115 cm³/mol. The maximum atomic E-state index is 14.4. The molecular formula is C23H25F2N3O4. The number of rotatable bonds is 6. The summed E-state index contributed by atoms with van der Waals surface area (Å²) >= 11 is 0. The molecule has 0 fully saturated rings. The van der Waals surface area contributed by atoms with E-state index in [2.05, 4.69) is 0 Å². The largest absolute Gasteiger partial charge is 0.508 e. The van der Waals surface area contributed by atoms with E-state index in [0.717, 1.165) is 23.1 Å². The highest BCUT2D eigenvalue weighted by molar-refractivity contribution is 5.82. The van der Waals surface area contributed by atoms with Crippen molar-refractivity contribution < 1.29 is 28.6 Å². The second-order valence-electron chi connectivity index (χ2n) is 7.75. The van der Waals surface area contributed by atoms with Crippen molar-refractivity contribution in [1.29, 1.82) is 0 Å². The SMILES string of the molecule is CN(CCCN(C)C(=O)N1CC(c2cc(F)ccc2F)=CC1c1cccc(O)c1)C(=O)O. The normalized spacial score (nSPS) is 15.4. The summed E-state index contributed by atoms with van der Waals surface area (Å²) in [7, 11) is 3.05. The smallest absolute Gasteiger partial charge is 0.407 e. The molecule has 0 saturated carbocycles. The van der Waals surface area contributed by atoms with Crippen molar-refractivity contribution in [1.82, 2.24) is 14.7 Å². The van der Waals surface area contributed by atoms with Crippen LogP contribution in [0.2, 0.25) is 0 Å². The molecule has 1 unspecified atom stereocenters. The van der Waals surface area contributed by atoms with E-state index in [-0.39, 0.29) is 30.4 Å². The van der Waals surface area contributed by atoms with E-state index in [9.17, 15) is 23.5 Å². The molecule has 0 saturated heterocycles. The number of hydrogen-bond acceptors (Lipinski definition) is 3. The third-order valence-corrected chi connectivity index (χ3v) is 5.41. The van der Waals surface area contributed by atoms with Crippen molar-refractivity contribution in [2.75, 3.05) is 33.7 Å². The van der Waals surface area contributed by atoms with Gasteiger partial charge in [0.05, 0.1) is 6.04 Å². The van der Waals surface area contributed by atoms with Gasteiger partial charge in [-0.2, -0.15) is 0 Å². The van der Waals surface area contributed by atoms with Crippen molar-refractivity contribution in [3.05, 3.63) is 71.3 Å². The highest BCUT2D eigenvalue weighted by Gasteiger charge is 2.33. The zero-order valence-corrected chi connectivity index (χ0v) is 17.8. The van der Waals surface area contributed by atoms with Gasteiger partial charge >= 0.3 is 12.1 Å². The van der Waals surface area contributed by atoms with Gasteiger partial charge in [-0.25, -0.2) is 18.4 Å². The summed E-state index contributed by atoms with van der Waals surface area (Å²) < 4.78 is 28.2. The number of carbonyl (C=O) groups is 2. The number of amides is 3. The Kier molecular flexibility index (Phi) is 6.97. The van der Waals surface area contributed by atoms with Crippen LogP contribution in [0.15, 0.2) is 48.5 Å². The molecule has 3 amide bonds. The summed E-state index contributed by atoms with van der Waals surface area (Å²) in [4.78, 5) is 28.2. The van der Waals surface area contributed by atoms with Crippen molar-refractivity contribution in [2.24, 2.45) is 0 Å². The van der Waals surface area contributed by atoms with Crippen LogP contribution in [0.5, 0.6) is 5.75 Å². The zero-order valence-electron chi connectivity index (χ0n) is 17.8. The molecule has 2 aromatic carbocycles. The molecular weight excluding hydrogens is 420 g/mol. The third kappa shape index (κ3) is 5.16. The minimum atomic E-state index is -1.05. The van der Waals surface area contributed by atoms with E-state index in [1.807, 2.05) is 0 Å². The van der Waals surface area contributed by atoms with Gasteiger partial charge in [0, 0.05) is 39.3 Å². The first-order valence-electron chi connectivity index (χ1n) is 10.1. The molecule has 3 rings (SSSR count). The number of carboxylic acid groups (broad SMARTS) is 1. The number of phenolic OH excluding ortho intramolecular Hbond substituents is 1. The molecule has 1 heterocycles. The summed E-state index contributed by atoms with van der Waals surface area (Å²) in [5.41, 5.74) is 1.17. The van der Waals surface area contributed by atoms with Crippen LogP contribution in [0.1, 0.15) is 23.6 Å². The Morgan fingerprint density at radius 1 is 1.09 bits per heavy atom. The molecule has 1 atom stereocenters. The summed E-state index contributed by atoms with van der Waals surface area (Å²) in [5.74, 6) is -1.15. The molecule has 0 aliphatic carbocycles. The highest BCUT2D eigenvalue weighted by Crippen LogP contribution is 2.37. The molecule has 9 heteroatoms. The van der Waals surface area contributed by atoms with Crippen LogP contribution in [0.3, 0.4) is 0 Å². The fraction of sp³-hybridized carbons (Fsp3) is 0.304. The second-order valence-corrected chi connectivity index (χ2v) is 7.75. The van der Waals surface area contributed by atoms with E-state index < -0.39 is 23.8 Å². The van der Waals surface area contributed by atoms with Crippen molar-refractivity contribution >= 4 is 17.7 Å². The molecule has 0 radical (unpaired) electrons. The number of halogens is 2. The van der Waals surface area contributed by atoms with E-state index >= 15 is 0 Å². The van der Waals surface area contributed by atoms with Gasteiger partial charge in [0.15, 0.2) is 0 Å². The van der Waals surface area contributed by atoms with Crippen LogP contribution in [0, 0.1) is 11.6 Å². The maximum absolute atomic E-state index is 14.4. The van der Waals surface area contributed by atoms with Gasteiger partial charge < -0.3 is 24.9 Å². The Bertz CT molecular complexity index is 1040. The Labute approximate surface area is 184 Å². The first-order valence-corrected chi connectivity index (χ1v) is 10.1. The summed E-state index contributed by atoms with van der Waals surface area (Å²) in [6, 6.07) is 8.66. The van der Waals surface area contributed by atoms with Crippen LogP contribution in [-0.2, 0) is 0 Å². The van der Waals surface area contributed by atoms with Gasteiger partial charge in [0.2, 0.25) is 0 Å². The van der Waals surface area contributed by atoms with Gasteiger partial charge in [-0.1, -0.05) is 18.2 Å². The molecule has 0 bridgehead atoms. The molecule has 7 nitrogen and oxygen atoms in total. The molecule has 1 aliphatic heterocycles. The second kappa shape index (κ2) is 9.67. The van der Waals surface area contributed by atoms with Gasteiger partial charge in [-0.05, 0) is 47.9 Å². The fourth-order valence-electron chi connectivity index (χ4n) is 3.66. The number of carbonyl (C=O) groups excluding carboxylic acids is 1. The Hall–Kier alpha value is -3.62. The molecule has 0 aromatic heterocycles. The number of hydrogen-bond donors (Lipinski definition) is 2. The van der Waals surface area contributed by atoms with Crippen LogP contribution in [0.4, 0.5) is 18.4 Å². The van der Waals surface area contributed by atoms with E-state index in [1.54, 1.807) is 25.3 Å². The summed E-state index contributed by atoms with van der Waals surface area (Å²) in [6.07, 6.45) is 1.08. The first kappa shape index (κ1) is 23.1. The molecule has 170 valence electrons. The minimum Gasteiger partial charge on any atom is -0.508 e. The number of phenols is 1. The van der Waals surface area contributed by atoms with E-state index in [1.165, 1.54) is 29.0 Å². The average molecular weight is 445 g/mol. The number of benzene rings is 2. The van der Waals surface area contributed by atoms with Crippen molar-refractivity contribution in [3.8, 4) is 5.75 Å². The number of urea groups is 1. The summed E-state index contributed by atoms with van der Waals surface area (Å²) in [6.45, 7) is 0.628. The van der Waals surface area contributed by atoms with Gasteiger partial charge in [0.1, 0.15) is 17.4 Å². The lowest BCUT2D eigenvalue weighted by molar-refractivity contribution is 0.149. The Morgan fingerprint density at radius 3 is 2.50 bits per heavy atom. The Morgan fingerprint density at radius 2 is 1.81 bits per heavy atom. The third-order valence-electron chi connectivity index (χ3n) is 5.41. The topological polar surface area (TPSA) is 84.3 Å². The number of aromatic hydroxyl groups is 1. The van der Waals surface area contributed by atoms with Crippen molar-refractivity contribution in [2.45, 2.75) is 12.5 Å². The van der Waals surface area contributed by atoms with E-state index in [0.29, 0.717) is 24.1 Å². The standard InChI is InChI=1S/C23H25F2N3O4/c1-26(9-4-10-27(2)23(31)32)22(30)28-14-16(19-13-17(24)7-8-20(19)25)12-21(28)15-5-3-6-18(29)11-15/h3,5-8,11-13,21,29H,4,9-10,14H2,1-2H3,(H,31,32).